The molecule has 1 fully saturated rings. The smallest absolute Gasteiger partial charge is 0.240 e. The third-order valence-electron chi connectivity index (χ3n) is 3.52. The highest BCUT2D eigenvalue weighted by atomic mass is 32.2. The Morgan fingerprint density at radius 3 is 2.71 bits per heavy atom. The molecule has 1 aromatic carbocycles. The molecule has 0 bridgehead atoms. The van der Waals surface area contributed by atoms with Crippen LogP contribution in [0.1, 0.15) is 33.6 Å². The Bertz CT molecular complexity index is 616. The average Bonchev–Trinajstić information content (AvgIpc) is 2.88. The number of anilines is 1. The van der Waals surface area contributed by atoms with E-state index in [0.717, 1.165) is 12.2 Å². The monoisotopic (exact) mass is 349 g/mol. The molecule has 1 heterocycles. The number of amidine groups is 1. The number of amides is 2. The summed E-state index contributed by atoms with van der Waals surface area (Å²) in [6, 6.07) is 7.31. The van der Waals surface area contributed by atoms with Crippen LogP contribution in [0.2, 0.25) is 0 Å². The maximum absolute atomic E-state index is 12.1. The van der Waals surface area contributed by atoms with Crippen LogP contribution in [0, 0.1) is 0 Å². The molecule has 24 heavy (non-hydrogen) atoms. The molecule has 1 saturated heterocycles. The van der Waals surface area contributed by atoms with Crippen LogP contribution in [-0.4, -0.2) is 34.9 Å². The third kappa shape index (κ3) is 5.26. The van der Waals surface area contributed by atoms with Crippen molar-refractivity contribution in [2.75, 3.05) is 11.9 Å². The van der Waals surface area contributed by atoms with Gasteiger partial charge in [-0.2, -0.15) is 0 Å². The summed E-state index contributed by atoms with van der Waals surface area (Å²) in [6.07, 6.45) is 1.02. The molecule has 0 saturated carbocycles. The number of rotatable bonds is 7. The van der Waals surface area contributed by atoms with Gasteiger partial charge in [0.05, 0.1) is 6.61 Å². The van der Waals surface area contributed by atoms with Crippen LogP contribution in [0.15, 0.2) is 29.3 Å². The van der Waals surface area contributed by atoms with Crippen molar-refractivity contribution in [1.29, 1.82) is 0 Å². The van der Waals surface area contributed by atoms with Crippen molar-refractivity contribution in [2.24, 2.45) is 4.99 Å². The van der Waals surface area contributed by atoms with E-state index in [-0.39, 0.29) is 24.3 Å². The number of benzene rings is 1. The van der Waals surface area contributed by atoms with E-state index in [1.165, 1.54) is 11.8 Å². The van der Waals surface area contributed by atoms with E-state index in [4.69, 9.17) is 4.74 Å². The first-order chi connectivity index (χ1) is 11.5. The maximum Gasteiger partial charge on any atom is 0.240 e. The molecule has 130 valence electrons. The normalized spacial score (nSPS) is 19.9. The predicted octanol–water partition coefficient (Wildman–Crippen LogP) is 2.80. The van der Waals surface area contributed by atoms with Gasteiger partial charge in [-0.3, -0.25) is 14.6 Å². The van der Waals surface area contributed by atoms with Crippen LogP contribution in [-0.2, 0) is 9.59 Å². The van der Waals surface area contributed by atoms with Crippen molar-refractivity contribution in [3.05, 3.63) is 24.3 Å². The van der Waals surface area contributed by atoms with Gasteiger partial charge in [0.25, 0.3) is 0 Å². The van der Waals surface area contributed by atoms with Gasteiger partial charge < -0.3 is 15.4 Å². The van der Waals surface area contributed by atoms with Crippen LogP contribution in [0.4, 0.5) is 5.69 Å². The summed E-state index contributed by atoms with van der Waals surface area (Å²) < 4.78 is 5.36. The Kier molecular flexibility index (Phi) is 6.66. The molecule has 1 aliphatic rings. The quantitative estimate of drug-likeness (QED) is 0.793. The van der Waals surface area contributed by atoms with Gasteiger partial charge in [-0.05, 0) is 44.5 Å². The van der Waals surface area contributed by atoms with Crippen molar-refractivity contribution < 1.29 is 14.3 Å². The Balaban J connectivity index is 1.88. The molecule has 0 spiro atoms. The topological polar surface area (TPSA) is 79.8 Å². The van der Waals surface area contributed by atoms with E-state index in [1.54, 1.807) is 24.3 Å². The van der Waals surface area contributed by atoms with E-state index in [0.29, 0.717) is 17.5 Å². The summed E-state index contributed by atoms with van der Waals surface area (Å²) in [5.41, 5.74) is 0.681. The average molecular weight is 349 g/mol. The molecule has 1 aliphatic heterocycles. The van der Waals surface area contributed by atoms with Crippen LogP contribution in [0.3, 0.4) is 0 Å². The number of nitrogens with one attached hydrogen (secondary N) is 2. The van der Waals surface area contributed by atoms with Gasteiger partial charge in [0, 0.05) is 18.2 Å². The number of thioether (sulfide) groups is 1. The van der Waals surface area contributed by atoms with E-state index in [1.807, 2.05) is 20.8 Å². The van der Waals surface area contributed by atoms with E-state index < -0.39 is 5.25 Å². The van der Waals surface area contributed by atoms with Crippen molar-refractivity contribution in [3.63, 3.8) is 0 Å². The minimum atomic E-state index is -0.435. The Labute approximate surface area is 146 Å². The highest BCUT2D eigenvalue weighted by molar-refractivity contribution is 8.15. The largest absolute Gasteiger partial charge is 0.494 e. The van der Waals surface area contributed by atoms with Gasteiger partial charge in [0.2, 0.25) is 11.8 Å². The molecule has 7 heteroatoms. The summed E-state index contributed by atoms with van der Waals surface area (Å²) in [5, 5.41) is 5.71. The highest BCUT2D eigenvalue weighted by Gasteiger charge is 2.32. The minimum Gasteiger partial charge on any atom is -0.494 e. The van der Waals surface area contributed by atoms with Gasteiger partial charge in [0.1, 0.15) is 11.0 Å². The summed E-state index contributed by atoms with van der Waals surface area (Å²) in [6.45, 7) is 6.54. The summed E-state index contributed by atoms with van der Waals surface area (Å²) in [5.74, 6) is 0.396. The van der Waals surface area contributed by atoms with Crippen LogP contribution < -0.4 is 15.4 Å². The zero-order valence-electron chi connectivity index (χ0n) is 14.2. The number of ether oxygens (including phenoxy) is 1. The van der Waals surface area contributed by atoms with Gasteiger partial charge in [0.15, 0.2) is 5.17 Å². The first-order valence-electron chi connectivity index (χ1n) is 8.09. The standard InChI is InChI=1S/C17H23N3O3S/c1-4-11(3)18-17-20-16(22)14(24-17)10-15(21)19-12-6-8-13(9-7-12)23-5-2/h6-9,11,14H,4-5,10H2,1-3H3,(H,19,21)(H,18,20,22). The predicted molar refractivity (Wildman–Crippen MR) is 97.6 cm³/mol. The maximum atomic E-state index is 12.1. The molecule has 2 unspecified atom stereocenters. The van der Waals surface area contributed by atoms with E-state index in [2.05, 4.69) is 15.6 Å². The molecular weight excluding hydrogens is 326 g/mol. The van der Waals surface area contributed by atoms with Crippen molar-refractivity contribution >= 4 is 34.4 Å². The second-order valence-corrected chi connectivity index (χ2v) is 6.69. The van der Waals surface area contributed by atoms with Gasteiger partial charge in [-0.15, -0.1) is 0 Å². The van der Waals surface area contributed by atoms with Crippen LogP contribution >= 0.6 is 11.8 Å². The molecular formula is C17H23N3O3S. The Morgan fingerprint density at radius 1 is 1.38 bits per heavy atom. The second-order valence-electron chi connectivity index (χ2n) is 5.50. The van der Waals surface area contributed by atoms with Crippen LogP contribution in [0.25, 0.3) is 0 Å². The number of hydrogen-bond donors (Lipinski definition) is 2. The minimum absolute atomic E-state index is 0.114. The Morgan fingerprint density at radius 2 is 2.08 bits per heavy atom. The number of carbonyl (C=O) groups is 2. The molecule has 0 aliphatic carbocycles. The molecule has 2 N–H and O–H groups in total. The lowest BCUT2D eigenvalue weighted by molar-refractivity contribution is -0.122. The second kappa shape index (κ2) is 8.73. The fourth-order valence-corrected chi connectivity index (χ4v) is 3.14. The highest BCUT2D eigenvalue weighted by Crippen LogP contribution is 2.24. The number of hydrogen-bond acceptors (Lipinski definition) is 5. The zero-order valence-corrected chi connectivity index (χ0v) is 15.0. The molecule has 6 nitrogen and oxygen atoms in total. The third-order valence-corrected chi connectivity index (χ3v) is 4.62. The fourth-order valence-electron chi connectivity index (χ4n) is 2.07. The number of nitrogens with zero attached hydrogens (tertiary/aromatic N) is 1. The van der Waals surface area contributed by atoms with Crippen molar-refractivity contribution in [2.45, 2.75) is 44.9 Å². The molecule has 0 aromatic heterocycles. The molecule has 1 aromatic rings. The first-order valence-corrected chi connectivity index (χ1v) is 8.97. The lowest BCUT2D eigenvalue weighted by Crippen LogP contribution is -2.28. The van der Waals surface area contributed by atoms with Gasteiger partial charge >= 0.3 is 0 Å². The van der Waals surface area contributed by atoms with Crippen LogP contribution in [0.5, 0.6) is 5.75 Å². The number of aliphatic imine (C=N–C) groups is 1. The van der Waals surface area contributed by atoms with Gasteiger partial charge in [-0.1, -0.05) is 18.7 Å². The lowest BCUT2D eigenvalue weighted by Gasteiger charge is -2.08. The fraction of sp³-hybridized carbons (Fsp3) is 0.471. The summed E-state index contributed by atoms with van der Waals surface area (Å²) in [4.78, 5) is 28.5. The molecule has 2 rings (SSSR count). The lowest BCUT2D eigenvalue weighted by atomic mass is 10.2. The van der Waals surface area contributed by atoms with Gasteiger partial charge in [-0.25, -0.2) is 0 Å². The summed E-state index contributed by atoms with van der Waals surface area (Å²) >= 11 is 1.32. The van der Waals surface area contributed by atoms with E-state index in [9.17, 15) is 9.59 Å². The molecule has 0 radical (unpaired) electrons. The molecule has 2 atom stereocenters. The zero-order chi connectivity index (χ0) is 17.5. The van der Waals surface area contributed by atoms with Crippen molar-refractivity contribution in [3.8, 4) is 5.75 Å². The van der Waals surface area contributed by atoms with E-state index >= 15 is 0 Å². The summed E-state index contributed by atoms with van der Waals surface area (Å²) in [7, 11) is 0. The first kappa shape index (κ1) is 18.3. The molecule has 2 amide bonds. The number of carbonyl (C=O) groups excluding carboxylic acids is 2. The SMILES string of the molecule is CCOc1ccc(NC(=O)CC2SC(=NC(C)CC)NC2=O)cc1. The Hall–Kier alpha value is -2.02. The van der Waals surface area contributed by atoms with Crippen molar-refractivity contribution in [1.82, 2.24) is 5.32 Å².